The Bertz CT molecular complexity index is 886. The molecule has 110 valence electrons. The molecule has 0 bridgehead atoms. The van der Waals surface area contributed by atoms with Gasteiger partial charge in [0, 0.05) is 11.8 Å². The molecule has 3 aromatic rings. The first-order chi connectivity index (χ1) is 10.8. The first-order valence-electron chi connectivity index (χ1n) is 6.98. The second kappa shape index (κ2) is 4.84. The molecule has 1 aromatic carbocycles. The molecule has 1 aliphatic heterocycles. The molecule has 0 saturated heterocycles. The molecule has 3 heterocycles. The number of hydrogen-bond acceptors (Lipinski definition) is 5. The van der Waals surface area contributed by atoms with Gasteiger partial charge in [-0.1, -0.05) is 6.07 Å². The zero-order chi connectivity index (χ0) is 15.1. The summed E-state index contributed by atoms with van der Waals surface area (Å²) >= 11 is 0. The highest BCUT2D eigenvalue weighted by Crippen LogP contribution is 2.37. The molecule has 22 heavy (non-hydrogen) atoms. The molecule has 6 heteroatoms. The third kappa shape index (κ3) is 1.92. The van der Waals surface area contributed by atoms with E-state index in [1.165, 1.54) is 0 Å². The summed E-state index contributed by atoms with van der Waals surface area (Å²) in [5, 5.41) is 3.17. The zero-order valence-electron chi connectivity index (χ0n) is 11.9. The van der Waals surface area contributed by atoms with Crippen molar-refractivity contribution in [1.29, 1.82) is 0 Å². The van der Waals surface area contributed by atoms with Crippen LogP contribution in [0.1, 0.15) is 5.56 Å². The molecule has 0 fully saturated rings. The van der Waals surface area contributed by atoms with E-state index in [1.54, 1.807) is 4.40 Å². The van der Waals surface area contributed by atoms with Crippen LogP contribution >= 0.6 is 0 Å². The fourth-order valence-electron chi connectivity index (χ4n) is 2.61. The molecule has 0 amide bonds. The van der Waals surface area contributed by atoms with Crippen LogP contribution in [0, 0.1) is 11.8 Å². The SMILES string of the molecule is Cc1ccc2nc(-c3ccc4c(c3)OCCO4)c(N=O)n2c1. The van der Waals surface area contributed by atoms with E-state index in [9.17, 15) is 4.91 Å². The number of ether oxygens (including phenoxy) is 2. The molecule has 4 rings (SSSR count). The van der Waals surface area contributed by atoms with Crippen molar-refractivity contribution >= 4 is 11.5 Å². The highest BCUT2D eigenvalue weighted by atomic mass is 16.6. The van der Waals surface area contributed by atoms with Crippen LogP contribution in [0.15, 0.2) is 41.7 Å². The number of aromatic nitrogens is 2. The Morgan fingerprint density at radius 1 is 1.14 bits per heavy atom. The largest absolute Gasteiger partial charge is 0.486 e. The van der Waals surface area contributed by atoms with Gasteiger partial charge in [-0.05, 0) is 41.9 Å². The van der Waals surface area contributed by atoms with Crippen LogP contribution < -0.4 is 9.47 Å². The highest BCUT2D eigenvalue weighted by Gasteiger charge is 2.18. The highest BCUT2D eigenvalue weighted by molar-refractivity contribution is 5.76. The second-order valence-corrected chi connectivity index (χ2v) is 5.17. The summed E-state index contributed by atoms with van der Waals surface area (Å²) in [5.41, 5.74) is 3.03. The van der Waals surface area contributed by atoms with Crippen molar-refractivity contribution in [3.05, 3.63) is 47.0 Å². The number of fused-ring (bicyclic) bond motifs is 2. The summed E-state index contributed by atoms with van der Waals surface area (Å²) in [7, 11) is 0. The lowest BCUT2D eigenvalue weighted by atomic mass is 10.1. The topological polar surface area (TPSA) is 65.2 Å². The van der Waals surface area contributed by atoms with E-state index in [0.717, 1.165) is 11.1 Å². The fraction of sp³-hybridized carbons (Fsp3) is 0.188. The molecule has 0 aliphatic carbocycles. The number of hydrogen-bond donors (Lipinski definition) is 0. The van der Waals surface area contributed by atoms with Gasteiger partial charge in [-0.25, -0.2) is 4.98 Å². The number of benzene rings is 1. The number of nitrogens with zero attached hydrogens (tertiary/aromatic N) is 3. The van der Waals surface area contributed by atoms with E-state index in [2.05, 4.69) is 10.2 Å². The lowest BCUT2D eigenvalue weighted by Gasteiger charge is -2.18. The lowest BCUT2D eigenvalue weighted by Crippen LogP contribution is -2.15. The predicted octanol–water partition coefficient (Wildman–Crippen LogP) is 3.48. The minimum absolute atomic E-state index is 0.287. The molecule has 0 unspecified atom stereocenters. The summed E-state index contributed by atoms with van der Waals surface area (Å²) in [4.78, 5) is 15.8. The van der Waals surface area contributed by atoms with Crippen molar-refractivity contribution in [2.75, 3.05) is 13.2 Å². The maximum absolute atomic E-state index is 11.3. The minimum Gasteiger partial charge on any atom is -0.486 e. The Hall–Kier alpha value is -2.89. The first-order valence-corrected chi connectivity index (χ1v) is 6.98. The third-order valence-electron chi connectivity index (χ3n) is 3.64. The Balaban J connectivity index is 1.92. The number of pyridine rings is 1. The van der Waals surface area contributed by atoms with Gasteiger partial charge in [-0.2, -0.15) is 0 Å². The Morgan fingerprint density at radius 2 is 1.95 bits per heavy atom. The Morgan fingerprint density at radius 3 is 2.77 bits per heavy atom. The van der Waals surface area contributed by atoms with Crippen molar-refractivity contribution < 1.29 is 9.47 Å². The van der Waals surface area contributed by atoms with E-state index >= 15 is 0 Å². The van der Waals surface area contributed by atoms with Gasteiger partial charge in [-0.3, -0.25) is 4.40 Å². The van der Waals surface area contributed by atoms with Gasteiger partial charge in [0.2, 0.25) is 5.82 Å². The Kier molecular flexibility index (Phi) is 2.82. The predicted molar refractivity (Wildman–Crippen MR) is 81.8 cm³/mol. The van der Waals surface area contributed by atoms with Gasteiger partial charge in [0.15, 0.2) is 11.5 Å². The fourth-order valence-corrected chi connectivity index (χ4v) is 2.61. The van der Waals surface area contributed by atoms with Crippen molar-refractivity contribution in [2.45, 2.75) is 6.92 Å². The first kappa shape index (κ1) is 12.8. The smallest absolute Gasteiger partial charge is 0.209 e. The molecule has 0 saturated carbocycles. The van der Waals surface area contributed by atoms with Crippen LogP contribution in [0.2, 0.25) is 0 Å². The van der Waals surface area contributed by atoms with Crippen molar-refractivity contribution in [2.24, 2.45) is 5.18 Å². The van der Waals surface area contributed by atoms with Gasteiger partial charge in [0.05, 0.1) is 0 Å². The summed E-state index contributed by atoms with van der Waals surface area (Å²) in [6.45, 7) is 3.01. The van der Waals surface area contributed by atoms with Crippen LogP contribution in [-0.4, -0.2) is 22.6 Å². The molecule has 0 atom stereocenters. The van der Waals surface area contributed by atoms with Gasteiger partial charge in [0.1, 0.15) is 24.6 Å². The van der Waals surface area contributed by atoms with Crippen molar-refractivity contribution in [1.82, 2.24) is 9.38 Å². The number of rotatable bonds is 2. The van der Waals surface area contributed by atoms with Crippen LogP contribution in [-0.2, 0) is 0 Å². The van der Waals surface area contributed by atoms with Crippen molar-refractivity contribution in [3.63, 3.8) is 0 Å². The lowest BCUT2D eigenvalue weighted by molar-refractivity contribution is 0.171. The zero-order valence-corrected chi connectivity index (χ0v) is 11.9. The molecule has 1 aliphatic rings. The van der Waals surface area contributed by atoms with E-state index in [1.807, 2.05) is 43.5 Å². The second-order valence-electron chi connectivity index (χ2n) is 5.17. The van der Waals surface area contributed by atoms with E-state index < -0.39 is 0 Å². The standard InChI is InChI=1S/C16H13N3O3/c1-10-2-5-14-17-15(16(18-20)19(14)9-10)11-3-4-12-13(8-11)22-7-6-21-12/h2-5,8-9H,6-7H2,1H3. The van der Waals surface area contributed by atoms with Crippen LogP contribution in [0.3, 0.4) is 0 Å². The molecule has 0 N–H and O–H groups in total. The molecular formula is C16H13N3O3. The van der Waals surface area contributed by atoms with Crippen LogP contribution in [0.4, 0.5) is 5.82 Å². The monoisotopic (exact) mass is 295 g/mol. The molecular weight excluding hydrogens is 282 g/mol. The third-order valence-corrected chi connectivity index (χ3v) is 3.64. The number of imidazole rings is 1. The van der Waals surface area contributed by atoms with Gasteiger partial charge >= 0.3 is 0 Å². The van der Waals surface area contributed by atoms with E-state index in [4.69, 9.17) is 9.47 Å². The van der Waals surface area contributed by atoms with Gasteiger partial charge in [-0.15, -0.1) is 4.91 Å². The molecule has 0 spiro atoms. The Labute approximate surface area is 126 Å². The molecule has 6 nitrogen and oxygen atoms in total. The van der Waals surface area contributed by atoms with E-state index in [-0.39, 0.29) is 5.82 Å². The quantitative estimate of drug-likeness (QED) is 0.679. The van der Waals surface area contributed by atoms with Crippen LogP contribution in [0.25, 0.3) is 16.9 Å². The maximum atomic E-state index is 11.3. The molecule has 0 radical (unpaired) electrons. The van der Waals surface area contributed by atoms with Gasteiger partial charge < -0.3 is 9.47 Å². The van der Waals surface area contributed by atoms with Crippen molar-refractivity contribution in [3.8, 4) is 22.8 Å². The summed E-state index contributed by atoms with van der Waals surface area (Å²) in [6.07, 6.45) is 1.85. The average molecular weight is 295 g/mol. The van der Waals surface area contributed by atoms with E-state index in [0.29, 0.717) is 36.1 Å². The molecule has 2 aromatic heterocycles. The maximum Gasteiger partial charge on any atom is 0.209 e. The summed E-state index contributed by atoms with van der Waals surface area (Å²) < 4.78 is 12.8. The van der Waals surface area contributed by atoms with Crippen LogP contribution in [0.5, 0.6) is 11.5 Å². The summed E-state index contributed by atoms with van der Waals surface area (Å²) in [5.74, 6) is 1.65. The number of nitroso groups, excluding NO2 is 1. The number of aryl methyl sites for hydroxylation is 1. The normalized spacial score (nSPS) is 13.3. The minimum atomic E-state index is 0.287. The van der Waals surface area contributed by atoms with Gasteiger partial charge in [0.25, 0.3) is 0 Å². The average Bonchev–Trinajstić information content (AvgIpc) is 2.92. The summed E-state index contributed by atoms with van der Waals surface area (Å²) in [6, 6.07) is 9.33.